The van der Waals surface area contributed by atoms with Crippen LogP contribution in [0.5, 0.6) is 0 Å². The second-order valence-corrected chi connectivity index (χ2v) is 2.66. The average molecular weight is 230 g/mol. The van der Waals surface area contributed by atoms with E-state index in [1.807, 2.05) is 0 Å². The first-order valence-electron chi connectivity index (χ1n) is 4.25. The highest BCUT2D eigenvalue weighted by Gasteiger charge is 2.10. The number of rotatable bonds is 4. The number of esters is 2. The summed E-state index contributed by atoms with van der Waals surface area (Å²) in [5, 5.41) is 0. The molecule has 0 atom stereocenters. The van der Waals surface area contributed by atoms with Gasteiger partial charge in [-0.25, -0.2) is 18.4 Å². The van der Waals surface area contributed by atoms with E-state index >= 15 is 0 Å². The van der Waals surface area contributed by atoms with Gasteiger partial charge in [-0.15, -0.1) is 0 Å². The van der Waals surface area contributed by atoms with Crippen molar-refractivity contribution in [1.29, 1.82) is 0 Å². The Morgan fingerprint density at radius 2 is 1.19 bits per heavy atom. The molecule has 0 aliphatic rings. The number of benzene rings is 1. The Morgan fingerprint density at radius 1 is 0.875 bits per heavy atom. The normalized spacial score (nSPS) is 9.62. The molecule has 0 saturated heterocycles. The molecule has 16 heavy (non-hydrogen) atoms. The smallest absolute Gasteiger partial charge is 0.340 e. The van der Waals surface area contributed by atoms with Gasteiger partial charge in [0.15, 0.2) is 0 Å². The average Bonchev–Trinajstić information content (AvgIpc) is 2.30. The summed E-state index contributed by atoms with van der Waals surface area (Å²) in [6.07, 6.45) is 0. The van der Waals surface area contributed by atoms with E-state index in [0.717, 1.165) is 0 Å². The van der Waals surface area contributed by atoms with Gasteiger partial charge < -0.3 is 9.47 Å². The number of halogens is 2. The van der Waals surface area contributed by atoms with E-state index in [1.165, 1.54) is 24.3 Å². The maximum absolute atomic E-state index is 11.7. The molecule has 1 aromatic rings. The summed E-state index contributed by atoms with van der Waals surface area (Å²) in [4.78, 5) is 22.0. The minimum Gasteiger partial charge on any atom is -0.430 e. The number of hydrogen-bond donors (Lipinski definition) is 0. The van der Waals surface area contributed by atoms with Crippen molar-refractivity contribution in [1.82, 2.24) is 0 Å². The minimum atomic E-state index is -1.22. The number of ether oxygens (including phenoxy) is 2. The van der Waals surface area contributed by atoms with Gasteiger partial charge in [0.25, 0.3) is 0 Å². The van der Waals surface area contributed by atoms with Gasteiger partial charge in [0.05, 0.1) is 11.1 Å². The molecular weight excluding hydrogens is 222 g/mol. The Labute approximate surface area is 89.8 Å². The highest BCUT2D eigenvalue weighted by Crippen LogP contribution is 2.07. The molecule has 0 amide bonds. The molecule has 0 unspecified atom stereocenters. The molecule has 86 valence electrons. The lowest BCUT2D eigenvalue weighted by Gasteiger charge is -2.02. The first-order chi connectivity index (χ1) is 7.69. The third kappa shape index (κ3) is 3.01. The summed E-state index contributed by atoms with van der Waals surface area (Å²) < 4.78 is 31.5. The number of carbonyl (C=O) groups excluding carboxylic acids is 2. The first kappa shape index (κ1) is 12.1. The van der Waals surface area contributed by atoms with E-state index in [2.05, 4.69) is 9.47 Å². The van der Waals surface area contributed by atoms with E-state index < -0.39 is 25.7 Å². The zero-order chi connectivity index (χ0) is 12.0. The van der Waals surface area contributed by atoms with Crippen LogP contribution in [-0.2, 0) is 9.47 Å². The van der Waals surface area contributed by atoms with E-state index in [1.54, 1.807) is 0 Å². The summed E-state index contributed by atoms with van der Waals surface area (Å²) in [6, 6.07) is 5.03. The topological polar surface area (TPSA) is 52.6 Å². The van der Waals surface area contributed by atoms with E-state index in [-0.39, 0.29) is 11.1 Å². The Hall–Kier alpha value is -1.98. The van der Waals surface area contributed by atoms with Gasteiger partial charge in [0.2, 0.25) is 13.7 Å². The fourth-order valence-electron chi connectivity index (χ4n) is 1.01. The highest BCUT2D eigenvalue weighted by atomic mass is 19.1. The van der Waals surface area contributed by atoms with Crippen LogP contribution in [0.25, 0.3) is 0 Å². The Kier molecular flexibility index (Phi) is 4.38. The van der Waals surface area contributed by atoms with Crippen LogP contribution in [0.3, 0.4) is 0 Å². The summed E-state index contributed by atoms with van der Waals surface area (Å²) in [5.74, 6) is -1.68. The molecule has 0 N–H and O–H groups in total. The number of alkyl halides is 2. The van der Waals surface area contributed by atoms with Crippen LogP contribution >= 0.6 is 0 Å². The number of carbonyl (C=O) groups is 2. The van der Waals surface area contributed by atoms with Crippen LogP contribution in [0.1, 0.15) is 20.7 Å². The zero-order valence-electron chi connectivity index (χ0n) is 8.11. The first-order valence-corrected chi connectivity index (χ1v) is 4.25. The second-order valence-electron chi connectivity index (χ2n) is 2.66. The van der Waals surface area contributed by atoms with Gasteiger partial charge in [0, 0.05) is 0 Å². The van der Waals surface area contributed by atoms with E-state index in [4.69, 9.17) is 0 Å². The molecule has 0 aromatic heterocycles. The van der Waals surface area contributed by atoms with Crippen LogP contribution in [0.4, 0.5) is 8.78 Å². The fourth-order valence-corrected chi connectivity index (χ4v) is 1.01. The van der Waals surface area contributed by atoms with Gasteiger partial charge in [-0.2, -0.15) is 0 Å². The Balaban J connectivity index is 2.75. The molecule has 4 nitrogen and oxygen atoms in total. The standard InChI is InChI=1S/C10H8F2O4/c11-5-15-9(13)7-1-2-8(4-3-7)10(14)16-6-12/h1-4H,5-6H2. The van der Waals surface area contributed by atoms with Crippen LogP contribution in [-0.4, -0.2) is 25.7 Å². The SMILES string of the molecule is O=C(OCF)c1ccc(C(=O)OCF)cc1. The predicted molar refractivity (Wildman–Crippen MR) is 49.2 cm³/mol. The van der Waals surface area contributed by atoms with Crippen molar-refractivity contribution >= 4 is 11.9 Å². The van der Waals surface area contributed by atoms with Crippen LogP contribution in [0.2, 0.25) is 0 Å². The predicted octanol–water partition coefficient (Wildman–Crippen LogP) is 1.85. The molecule has 0 aliphatic heterocycles. The van der Waals surface area contributed by atoms with Gasteiger partial charge in [-0.3, -0.25) is 0 Å². The quantitative estimate of drug-likeness (QED) is 0.741. The summed E-state index contributed by atoms with van der Waals surface area (Å²) >= 11 is 0. The van der Waals surface area contributed by atoms with E-state index in [0.29, 0.717) is 0 Å². The molecule has 1 aromatic carbocycles. The zero-order valence-corrected chi connectivity index (χ0v) is 8.11. The molecular formula is C10H8F2O4. The lowest BCUT2D eigenvalue weighted by Crippen LogP contribution is -2.06. The summed E-state index contributed by atoms with van der Waals surface area (Å²) in [7, 11) is 0. The van der Waals surface area contributed by atoms with Crippen molar-refractivity contribution < 1.29 is 27.8 Å². The van der Waals surface area contributed by atoms with Crippen molar-refractivity contribution in [2.75, 3.05) is 13.7 Å². The maximum atomic E-state index is 11.7. The highest BCUT2D eigenvalue weighted by molar-refractivity contribution is 5.93. The van der Waals surface area contributed by atoms with Crippen LogP contribution in [0, 0.1) is 0 Å². The van der Waals surface area contributed by atoms with Crippen molar-refractivity contribution in [3.63, 3.8) is 0 Å². The Morgan fingerprint density at radius 3 is 1.44 bits per heavy atom. The summed E-state index contributed by atoms with van der Waals surface area (Å²) in [6.45, 7) is -2.44. The van der Waals surface area contributed by atoms with Crippen molar-refractivity contribution in [2.24, 2.45) is 0 Å². The number of hydrogen-bond acceptors (Lipinski definition) is 4. The monoisotopic (exact) mass is 230 g/mol. The molecule has 6 heteroatoms. The van der Waals surface area contributed by atoms with Gasteiger partial charge in [-0.05, 0) is 24.3 Å². The molecule has 0 fully saturated rings. The maximum Gasteiger partial charge on any atom is 0.340 e. The molecule has 0 bridgehead atoms. The summed E-state index contributed by atoms with van der Waals surface area (Å²) in [5.41, 5.74) is 0.184. The lowest BCUT2D eigenvalue weighted by molar-refractivity contribution is 0.0308. The van der Waals surface area contributed by atoms with E-state index in [9.17, 15) is 18.4 Å². The fraction of sp³-hybridized carbons (Fsp3) is 0.200. The second kappa shape index (κ2) is 5.79. The largest absolute Gasteiger partial charge is 0.430 e. The van der Waals surface area contributed by atoms with Crippen LogP contribution < -0.4 is 0 Å². The van der Waals surface area contributed by atoms with Crippen molar-refractivity contribution in [2.45, 2.75) is 0 Å². The molecule has 0 spiro atoms. The lowest BCUT2D eigenvalue weighted by atomic mass is 10.1. The minimum absolute atomic E-state index is 0.0921. The van der Waals surface area contributed by atoms with Gasteiger partial charge in [0.1, 0.15) is 0 Å². The Bertz CT molecular complexity index is 338. The van der Waals surface area contributed by atoms with Gasteiger partial charge >= 0.3 is 11.9 Å². The van der Waals surface area contributed by atoms with Crippen LogP contribution in [0.15, 0.2) is 24.3 Å². The third-order valence-corrected chi connectivity index (χ3v) is 1.73. The molecule has 0 saturated carbocycles. The molecule has 1 rings (SSSR count). The van der Waals surface area contributed by atoms with Crippen molar-refractivity contribution in [3.8, 4) is 0 Å². The third-order valence-electron chi connectivity index (χ3n) is 1.73. The molecule has 0 aliphatic carbocycles. The van der Waals surface area contributed by atoms with Gasteiger partial charge in [-0.1, -0.05) is 0 Å². The van der Waals surface area contributed by atoms with Crippen molar-refractivity contribution in [3.05, 3.63) is 35.4 Å². The molecule has 0 heterocycles. The molecule has 0 radical (unpaired) electrons.